The van der Waals surface area contributed by atoms with E-state index in [0.717, 1.165) is 61.9 Å². The predicted molar refractivity (Wildman–Crippen MR) is 111 cm³/mol. The lowest BCUT2D eigenvalue weighted by molar-refractivity contribution is 0.00576. The third kappa shape index (κ3) is 5.30. The second kappa shape index (κ2) is 9.17. The van der Waals surface area contributed by atoms with Crippen LogP contribution in [0.25, 0.3) is 0 Å². The largest absolute Gasteiger partial charge is 0.390 e. The fraction of sp³-hybridized carbons (Fsp3) is 0.545. The Morgan fingerprint density at radius 2 is 2.00 bits per heavy atom. The number of nitrogens with zero attached hydrogens (tertiary/aromatic N) is 3. The molecule has 1 aromatic heterocycles. The predicted octanol–water partition coefficient (Wildman–Crippen LogP) is 0.720. The lowest BCUT2D eigenvalue weighted by Crippen LogP contribution is -2.46. The summed E-state index contributed by atoms with van der Waals surface area (Å²) in [6.45, 7) is 7.84. The number of rotatable bonds is 6. The number of hydrogen-bond donors (Lipinski definition) is 2. The summed E-state index contributed by atoms with van der Waals surface area (Å²) < 4.78 is 5.36. The molecule has 4 rings (SSSR count). The second-order valence-corrected chi connectivity index (χ2v) is 8.16. The lowest BCUT2D eigenvalue weighted by Gasteiger charge is -2.32. The molecule has 0 saturated carbocycles. The molecule has 0 amide bonds. The van der Waals surface area contributed by atoms with Crippen molar-refractivity contribution < 1.29 is 9.84 Å². The topological polar surface area (TPSA) is 81.7 Å². The number of aliphatic hydroxyl groups is 1. The number of aryl methyl sites for hydroxylation is 1. The van der Waals surface area contributed by atoms with E-state index in [-0.39, 0.29) is 5.56 Å². The molecule has 29 heavy (non-hydrogen) atoms. The van der Waals surface area contributed by atoms with Crippen LogP contribution < -0.4 is 5.56 Å². The van der Waals surface area contributed by atoms with E-state index in [1.165, 1.54) is 5.56 Å². The molecule has 2 aromatic rings. The molecule has 1 fully saturated rings. The average Bonchev–Trinajstić information content (AvgIpc) is 2.69. The molecule has 1 unspecified atom stereocenters. The van der Waals surface area contributed by atoms with E-state index in [2.05, 4.69) is 39.9 Å². The van der Waals surface area contributed by atoms with Crippen LogP contribution in [0.2, 0.25) is 0 Å². The first kappa shape index (κ1) is 20.2. The molecule has 0 spiro atoms. The summed E-state index contributed by atoms with van der Waals surface area (Å²) in [6, 6.07) is 8.27. The van der Waals surface area contributed by atoms with Crippen LogP contribution in [0, 0.1) is 6.92 Å². The maximum atomic E-state index is 12.7. The SMILES string of the molecule is Cc1cccc(Cc2nc3c(c(=O)[nH]2)CN(CC(O)CN2CCOCC2)CC3)c1. The Bertz CT molecular complexity index is 892. The van der Waals surface area contributed by atoms with Crippen LogP contribution in [0.1, 0.15) is 28.2 Å². The van der Waals surface area contributed by atoms with Gasteiger partial charge in [0.15, 0.2) is 0 Å². The van der Waals surface area contributed by atoms with Gasteiger partial charge in [-0.1, -0.05) is 29.8 Å². The van der Waals surface area contributed by atoms with E-state index in [1.54, 1.807) is 0 Å². The Morgan fingerprint density at radius 1 is 1.21 bits per heavy atom. The smallest absolute Gasteiger partial charge is 0.255 e. The molecule has 3 heterocycles. The highest BCUT2D eigenvalue weighted by Gasteiger charge is 2.24. The number of aromatic amines is 1. The van der Waals surface area contributed by atoms with Gasteiger partial charge in [0.05, 0.1) is 30.6 Å². The zero-order valence-electron chi connectivity index (χ0n) is 17.1. The van der Waals surface area contributed by atoms with Gasteiger partial charge in [0.25, 0.3) is 5.56 Å². The normalized spacial score (nSPS) is 19.1. The molecule has 2 aliphatic heterocycles. The van der Waals surface area contributed by atoms with Crippen LogP contribution in [0.5, 0.6) is 0 Å². The van der Waals surface area contributed by atoms with Crippen molar-refractivity contribution in [3.63, 3.8) is 0 Å². The molecule has 1 atom stereocenters. The zero-order valence-corrected chi connectivity index (χ0v) is 17.1. The van der Waals surface area contributed by atoms with E-state index in [1.807, 2.05) is 6.07 Å². The number of benzene rings is 1. The number of aromatic nitrogens is 2. The van der Waals surface area contributed by atoms with Crippen molar-refractivity contribution in [2.75, 3.05) is 45.9 Å². The minimum Gasteiger partial charge on any atom is -0.390 e. The van der Waals surface area contributed by atoms with Gasteiger partial charge in [-0.2, -0.15) is 0 Å². The average molecular weight is 399 g/mol. The summed E-state index contributed by atoms with van der Waals surface area (Å²) in [4.78, 5) is 24.8. The third-order valence-electron chi connectivity index (χ3n) is 5.69. The fourth-order valence-corrected chi connectivity index (χ4v) is 4.22. The van der Waals surface area contributed by atoms with Gasteiger partial charge >= 0.3 is 0 Å². The molecule has 156 valence electrons. The molecular weight excluding hydrogens is 368 g/mol. The van der Waals surface area contributed by atoms with Crippen molar-refractivity contribution in [3.8, 4) is 0 Å². The Morgan fingerprint density at radius 3 is 2.79 bits per heavy atom. The van der Waals surface area contributed by atoms with Crippen LogP contribution in [0.15, 0.2) is 29.1 Å². The van der Waals surface area contributed by atoms with Crippen molar-refractivity contribution in [1.29, 1.82) is 0 Å². The third-order valence-corrected chi connectivity index (χ3v) is 5.69. The second-order valence-electron chi connectivity index (χ2n) is 8.16. The first-order chi connectivity index (χ1) is 14.1. The van der Waals surface area contributed by atoms with Gasteiger partial charge < -0.3 is 14.8 Å². The number of fused-ring (bicyclic) bond motifs is 1. The van der Waals surface area contributed by atoms with Crippen molar-refractivity contribution in [2.45, 2.75) is 32.4 Å². The Hall–Kier alpha value is -2.06. The standard InChI is InChI=1S/C22H30N4O3/c1-16-3-2-4-17(11-16)12-21-23-20-5-6-26(15-19(20)22(28)24-21)14-18(27)13-25-7-9-29-10-8-25/h2-4,11,18,27H,5-10,12-15H2,1H3,(H,23,24,28). The van der Waals surface area contributed by atoms with E-state index < -0.39 is 6.10 Å². The lowest BCUT2D eigenvalue weighted by atomic mass is 10.1. The number of H-pyrrole nitrogens is 1. The van der Waals surface area contributed by atoms with Gasteiger partial charge in [-0.3, -0.25) is 14.6 Å². The summed E-state index contributed by atoms with van der Waals surface area (Å²) in [5.41, 5.74) is 3.94. The van der Waals surface area contributed by atoms with E-state index >= 15 is 0 Å². The molecule has 7 nitrogen and oxygen atoms in total. The van der Waals surface area contributed by atoms with Crippen LogP contribution in [-0.2, 0) is 24.1 Å². The van der Waals surface area contributed by atoms with Gasteiger partial charge in [0.1, 0.15) is 5.82 Å². The van der Waals surface area contributed by atoms with Crippen molar-refractivity contribution in [3.05, 3.63) is 62.8 Å². The number of aliphatic hydroxyl groups excluding tert-OH is 1. The Labute approximate surface area is 171 Å². The molecule has 1 aromatic carbocycles. The summed E-state index contributed by atoms with van der Waals surface area (Å²) in [7, 11) is 0. The van der Waals surface area contributed by atoms with Crippen molar-refractivity contribution >= 4 is 0 Å². The maximum absolute atomic E-state index is 12.7. The fourth-order valence-electron chi connectivity index (χ4n) is 4.22. The summed E-state index contributed by atoms with van der Waals surface area (Å²) in [5.74, 6) is 0.722. The first-order valence-corrected chi connectivity index (χ1v) is 10.4. The highest BCUT2D eigenvalue weighted by atomic mass is 16.5. The number of morpholine rings is 1. The Kier molecular flexibility index (Phi) is 6.40. The van der Waals surface area contributed by atoms with Crippen LogP contribution in [-0.4, -0.2) is 76.9 Å². The van der Waals surface area contributed by atoms with Crippen LogP contribution >= 0.6 is 0 Å². The highest BCUT2D eigenvalue weighted by molar-refractivity contribution is 5.27. The summed E-state index contributed by atoms with van der Waals surface area (Å²) in [6.07, 6.45) is 0.943. The van der Waals surface area contributed by atoms with Gasteiger partial charge in [-0.05, 0) is 12.5 Å². The number of hydrogen-bond acceptors (Lipinski definition) is 6. The summed E-state index contributed by atoms with van der Waals surface area (Å²) >= 11 is 0. The number of β-amino-alcohol motifs (C(OH)–C–C–N with tert-alkyl or cyclic N) is 1. The number of nitrogens with one attached hydrogen (secondary N) is 1. The van der Waals surface area contributed by atoms with E-state index in [9.17, 15) is 9.90 Å². The van der Waals surface area contributed by atoms with Gasteiger partial charge in [0, 0.05) is 52.1 Å². The molecule has 2 aliphatic rings. The molecular formula is C22H30N4O3. The van der Waals surface area contributed by atoms with Gasteiger partial charge in [-0.25, -0.2) is 4.98 Å². The highest BCUT2D eigenvalue weighted by Crippen LogP contribution is 2.16. The van der Waals surface area contributed by atoms with Crippen molar-refractivity contribution in [1.82, 2.24) is 19.8 Å². The molecule has 7 heteroatoms. The van der Waals surface area contributed by atoms with E-state index in [4.69, 9.17) is 9.72 Å². The minimum atomic E-state index is -0.428. The number of ether oxygens (including phenoxy) is 1. The molecule has 0 radical (unpaired) electrons. The summed E-state index contributed by atoms with van der Waals surface area (Å²) in [5, 5.41) is 10.5. The van der Waals surface area contributed by atoms with Gasteiger partial charge in [-0.15, -0.1) is 0 Å². The molecule has 0 bridgehead atoms. The van der Waals surface area contributed by atoms with Gasteiger partial charge in [0.2, 0.25) is 0 Å². The molecule has 2 N–H and O–H groups in total. The monoisotopic (exact) mass is 398 g/mol. The molecule has 1 saturated heterocycles. The zero-order chi connectivity index (χ0) is 20.2. The van der Waals surface area contributed by atoms with Crippen LogP contribution in [0.3, 0.4) is 0 Å². The van der Waals surface area contributed by atoms with Crippen LogP contribution in [0.4, 0.5) is 0 Å². The first-order valence-electron chi connectivity index (χ1n) is 10.4. The minimum absolute atomic E-state index is 0.0509. The quantitative estimate of drug-likeness (QED) is 0.746. The van der Waals surface area contributed by atoms with E-state index in [0.29, 0.717) is 26.1 Å². The maximum Gasteiger partial charge on any atom is 0.255 e. The molecule has 0 aliphatic carbocycles. The Balaban J connectivity index is 1.38. The van der Waals surface area contributed by atoms with Crippen molar-refractivity contribution in [2.24, 2.45) is 0 Å².